The Balaban J connectivity index is 1.65. The smallest absolute Gasteiger partial charge is 0.227 e. The maximum Gasteiger partial charge on any atom is 0.227 e. The molecule has 3 heterocycles. The van der Waals surface area contributed by atoms with Gasteiger partial charge in [0.15, 0.2) is 9.84 Å². The van der Waals surface area contributed by atoms with Crippen LogP contribution in [0.15, 0.2) is 18.6 Å². The van der Waals surface area contributed by atoms with Crippen LogP contribution in [0.25, 0.3) is 0 Å². The number of piperidine rings is 1. The lowest BCUT2D eigenvalue weighted by molar-refractivity contribution is -0.136. The summed E-state index contributed by atoms with van der Waals surface area (Å²) in [6.45, 7) is 1.48. The number of carbonyl (C=O) groups excluding carboxylic acids is 1. The number of aromatic nitrogens is 2. The zero-order valence-corrected chi connectivity index (χ0v) is 14.1. The highest BCUT2D eigenvalue weighted by molar-refractivity contribution is 7.91. The van der Waals surface area contributed by atoms with Gasteiger partial charge in [0, 0.05) is 38.6 Å². The first kappa shape index (κ1) is 16.2. The average molecular weight is 338 g/mol. The van der Waals surface area contributed by atoms with Crippen molar-refractivity contribution in [2.45, 2.75) is 25.3 Å². The van der Waals surface area contributed by atoms with E-state index in [4.69, 9.17) is 0 Å². The first-order chi connectivity index (χ1) is 11.0. The van der Waals surface area contributed by atoms with Gasteiger partial charge in [0.05, 0.1) is 23.6 Å². The van der Waals surface area contributed by atoms with Gasteiger partial charge in [0.25, 0.3) is 0 Å². The Kier molecular flexibility index (Phi) is 4.52. The van der Waals surface area contributed by atoms with Crippen LogP contribution in [0.4, 0.5) is 5.82 Å². The molecular weight excluding hydrogens is 316 g/mol. The molecule has 2 aliphatic heterocycles. The molecule has 2 fully saturated rings. The van der Waals surface area contributed by atoms with E-state index in [0.29, 0.717) is 13.0 Å². The predicted molar refractivity (Wildman–Crippen MR) is 86.8 cm³/mol. The number of rotatable bonds is 3. The Hall–Kier alpha value is -1.70. The van der Waals surface area contributed by atoms with Crippen molar-refractivity contribution in [3.05, 3.63) is 18.6 Å². The van der Waals surface area contributed by atoms with Gasteiger partial charge in [-0.3, -0.25) is 9.78 Å². The molecule has 0 aliphatic carbocycles. The van der Waals surface area contributed by atoms with E-state index in [9.17, 15) is 13.2 Å². The van der Waals surface area contributed by atoms with E-state index in [1.165, 1.54) is 0 Å². The number of sulfone groups is 1. The summed E-state index contributed by atoms with van der Waals surface area (Å²) < 4.78 is 23.2. The van der Waals surface area contributed by atoms with Gasteiger partial charge in [-0.25, -0.2) is 13.4 Å². The van der Waals surface area contributed by atoms with Gasteiger partial charge in [0.1, 0.15) is 5.82 Å². The molecule has 2 aliphatic rings. The largest absolute Gasteiger partial charge is 0.355 e. The number of nitrogens with zero attached hydrogens (tertiary/aromatic N) is 4. The summed E-state index contributed by atoms with van der Waals surface area (Å²) in [5, 5.41) is 0. The van der Waals surface area contributed by atoms with Crippen LogP contribution in [-0.4, -0.2) is 66.9 Å². The Morgan fingerprint density at radius 1 is 1.35 bits per heavy atom. The van der Waals surface area contributed by atoms with Crippen molar-refractivity contribution in [3.63, 3.8) is 0 Å². The maximum absolute atomic E-state index is 12.7. The summed E-state index contributed by atoms with van der Waals surface area (Å²) in [6.07, 6.45) is 7.29. The van der Waals surface area contributed by atoms with Crippen molar-refractivity contribution in [2.24, 2.45) is 5.92 Å². The van der Waals surface area contributed by atoms with E-state index in [0.717, 1.165) is 25.2 Å². The van der Waals surface area contributed by atoms with Crippen molar-refractivity contribution in [1.29, 1.82) is 0 Å². The second-order valence-electron chi connectivity index (χ2n) is 6.35. The van der Waals surface area contributed by atoms with Gasteiger partial charge in [-0.1, -0.05) is 0 Å². The lowest BCUT2D eigenvalue weighted by atomic mass is 9.96. The van der Waals surface area contributed by atoms with Crippen LogP contribution in [-0.2, 0) is 14.6 Å². The maximum atomic E-state index is 12.7. The number of amides is 1. The minimum Gasteiger partial charge on any atom is -0.355 e. The molecule has 1 aromatic heterocycles. The third-order valence-corrected chi connectivity index (χ3v) is 6.50. The second-order valence-corrected chi connectivity index (χ2v) is 8.58. The van der Waals surface area contributed by atoms with Gasteiger partial charge >= 0.3 is 0 Å². The predicted octanol–water partition coefficient (Wildman–Crippen LogP) is 0.338. The summed E-state index contributed by atoms with van der Waals surface area (Å²) in [5.74, 6) is 0.998. The lowest BCUT2D eigenvalue weighted by Gasteiger charge is -2.35. The lowest BCUT2D eigenvalue weighted by Crippen LogP contribution is -2.47. The number of carbonyl (C=O) groups is 1. The summed E-state index contributed by atoms with van der Waals surface area (Å²) in [7, 11) is -1.25. The molecule has 0 unspecified atom stereocenters. The Morgan fingerprint density at radius 2 is 2.17 bits per heavy atom. The van der Waals surface area contributed by atoms with Crippen LogP contribution in [0.3, 0.4) is 0 Å². The average Bonchev–Trinajstić information content (AvgIpc) is 2.94. The monoisotopic (exact) mass is 338 g/mol. The van der Waals surface area contributed by atoms with Gasteiger partial charge in [-0.05, 0) is 19.3 Å². The molecule has 126 valence electrons. The molecule has 2 atom stereocenters. The van der Waals surface area contributed by atoms with Crippen LogP contribution < -0.4 is 4.90 Å². The van der Waals surface area contributed by atoms with Gasteiger partial charge in [-0.2, -0.15) is 0 Å². The molecular formula is C15H22N4O3S. The Morgan fingerprint density at radius 3 is 2.83 bits per heavy atom. The molecule has 7 nitrogen and oxygen atoms in total. The number of hydrogen-bond donors (Lipinski definition) is 0. The molecule has 0 aromatic carbocycles. The molecule has 0 bridgehead atoms. The SMILES string of the molecule is CN(C(=O)[C@H]1CCCN(c2cnccn2)C1)[C@@H]1CCS(=O)(=O)C1. The molecule has 3 rings (SSSR count). The van der Waals surface area contributed by atoms with E-state index in [1.807, 2.05) is 0 Å². The molecule has 2 saturated heterocycles. The van der Waals surface area contributed by atoms with Crippen molar-refractivity contribution in [1.82, 2.24) is 14.9 Å². The van der Waals surface area contributed by atoms with Gasteiger partial charge < -0.3 is 9.80 Å². The van der Waals surface area contributed by atoms with Crippen molar-refractivity contribution in [2.75, 3.05) is 36.5 Å². The van der Waals surface area contributed by atoms with E-state index in [1.54, 1.807) is 30.5 Å². The fourth-order valence-corrected chi connectivity index (χ4v) is 5.16. The van der Waals surface area contributed by atoms with Crippen LogP contribution in [0.1, 0.15) is 19.3 Å². The summed E-state index contributed by atoms with van der Waals surface area (Å²) in [5.41, 5.74) is 0. The molecule has 0 spiro atoms. The van der Waals surface area contributed by atoms with E-state index >= 15 is 0 Å². The van der Waals surface area contributed by atoms with Gasteiger partial charge in [0.2, 0.25) is 5.91 Å². The minimum atomic E-state index is -2.98. The second kappa shape index (κ2) is 6.43. The normalized spacial score (nSPS) is 26.9. The van der Waals surface area contributed by atoms with Crippen LogP contribution in [0, 0.1) is 5.92 Å². The zero-order valence-electron chi connectivity index (χ0n) is 13.3. The highest BCUT2D eigenvalue weighted by atomic mass is 32.2. The third-order valence-electron chi connectivity index (χ3n) is 4.75. The molecule has 23 heavy (non-hydrogen) atoms. The summed E-state index contributed by atoms with van der Waals surface area (Å²) >= 11 is 0. The first-order valence-electron chi connectivity index (χ1n) is 7.94. The Labute approximate surface area is 136 Å². The van der Waals surface area contributed by atoms with Gasteiger partial charge in [-0.15, -0.1) is 0 Å². The van der Waals surface area contributed by atoms with E-state index in [2.05, 4.69) is 14.9 Å². The van der Waals surface area contributed by atoms with E-state index in [-0.39, 0.29) is 29.4 Å². The molecule has 8 heteroatoms. The summed E-state index contributed by atoms with van der Waals surface area (Å²) in [6, 6.07) is -0.181. The fourth-order valence-electron chi connectivity index (χ4n) is 3.39. The third kappa shape index (κ3) is 3.63. The van der Waals surface area contributed by atoms with Crippen molar-refractivity contribution in [3.8, 4) is 0 Å². The van der Waals surface area contributed by atoms with Crippen LogP contribution in [0.2, 0.25) is 0 Å². The summed E-state index contributed by atoms with van der Waals surface area (Å²) in [4.78, 5) is 24.8. The van der Waals surface area contributed by atoms with Crippen LogP contribution in [0.5, 0.6) is 0 Å². The quantitative estimate of drug-likeness (QED) is 0.790. The molecule has 1 amide bonds. The van der Waals surface area contributed by atoms with Crippen molar-refractivity contribution < 1.29 is 13.2 Å². The molecule has 1 aromatic rings. The Bertz CT molecular complexity index is 665. The zero-order chi connectivity index (χ0) is 16.4. The topological polar surface area (TPSA) is 83.5 Å². The molecule has 0 saturated carbocycles. The highest BCUT2D eigenvalue weighted by Gasteiger charge is 2.36. The molecule has 0 N–H and O–H groups in total. The minimum absolute atomic E-state index is 0.0423. The first-order valence-corrected chi connectivity index (χ1v) is 9.76. The standard InChI is InChI=1S/C15H22N4O3S/c1-18(13-4-8-23(21,22)11-13)15(20)12-3-2-7-19(10-12)14-9-16-5-6-17-14/h5-6,9,12-13H,2-4,7-8,10-11H2,1H3/t12-,13+/m0/s1. The number of anilines is 1. The highest BCUT2D eigenvalue weighted by Crippen LogP contribution is 2.25. The molecule has 0 radical (unpaired) electrons. The van der Waals surface area contributed by atoms with E-state index < -0.39 is 9.84 Å². The van der Waals surface area contributed by atoms with Crippen LogP contribution >= 0.6 is 0 Å². The fraction of sp³-hybridized carbons (Fsp3) is 0.667. The number of hydrogen-bond acceptors (Lipinski definition) is 6. The van der Waals surface area contributed by atoms with Crippen molar-refractivity contribution >= 4 is 21.6 Å².